The maximum absolute atomic E-state index is 5.37. The average molecular weight is 366 g/mol. The number of ether oxygens (including phenoxy) is 1. The molecule has 6 heteroatoms. The molecular formula is C15H16BrN3OS. The fourth-order valence-corrected chi connectivity index (χ4v) is 3.24. The molecule has 3 aromatic rings. The number of methoxy groups -OCH3 is 1. The Morgan fingerprint density at radius 3 is 2.86 bits per heavy atom. The van der Waals surface area contributed by atoms with E-state index in [1.54, 1.807) is 18.4 Å². The summed E-state index contributed by atoms with van der Waals surface area (Å²) in [6.45, 7) is 2.86. The van der Waals surface area contributed by atoms with Gasteiger partial charge in [-0.1, -0.05) is 28.1 Å². The molecule has 0 saturated heterocycles. The maximum Gasteiger partial charge on any atom is 0.237 e. The van der Waals surface area contributed by atoms with E-state index < -0.39 is 0 Å². The number of nitrogens with zero attached hydrogens (tertiary/aromatic N) is 2. The standard InChI is InChI=1S/C15H16BrN3OS/c1-10(11-3-5-12(16)6-4-11)17-9-13-14(20-2)18-15-19(13)7-8-21-15/h3-8,10,17H,9H2,1-2H3/t10-/m1/s1. The van der Waals surface area contributed by atoms with Crippen molar-refractivity contribution in [2.24, 2.45) is 0 Å². The lowest BCUT2D eigenvalue weighted by atomic mass is 10.1. The number of hydrogen-bond donors (Lipinski definition) is 1. The third-order valence-corrected chi connectivity index (χ3v) is 4.75. The Labute approximate surface area is 135 Å². The largest absolute Gasteiger partial charge is 0.480 e. The van der Waals surface area contributed by atoms with Crippen molar-refractivity contribution in [2.75, 3.05) is 7.11 Å². The molecule has 1 aromatic carbocycles. The number of aromatic nitrogens is 2. The van der Waals surface area contributed by atoms with Gasteiger partial charge in [-0.3, -0.25) is 4.40 Å². The van der Waals surface area contributed by atoms with Gasteiger partial charge in [-0.25, -0.2) is 0 Å². The highest BCUT2D eigenvalue weighted by Crippen LogP contribution is 2.24. The van der Waals surface area contributed by atoms with Crippen LogP contribution in [-0.2, 0) is 6.54 Å². The zero-order chi connectivity index (χ0) is 14.8. The third-order valence-electron chi connectivity index (χ3n) is 3.46. The highest BCUT2D eigenvalue weighted by atomic mass is 79.9. The first-order chi connectivity index (χ1) is 10.2. The smallest absolute Gasteiger partial charge is 0.237 e. The molecule has 0 fully saturated rings. The van der Waals surface area contributed by atoms with Crippen molar-refractivity contribution < 1.29 is 4.74 Å². The van der Waals surface area contributed by atoms with Crippen LogP contribution in [0.2, 0.25) is 0 Å². The van der Waals surface area contributed by atoms with Crippen LogP contribution in [0.5, 0.6) is 5.88 Å². The molecule has 0 unspecified atom stereocenters. The predicted octanol–water partition coefficient (Wildman–Crippen LogP) is 4.02. The van der Waals surface area contributed by atoms with Crippen molar-refractivity contribution in [3.63, 3.8) is 0 Å². The Kier molecular flexibility index (Phi) is 4.28. The Morgan fingerprint density at radius 2 is 2.14 bits per heavy atom. The van der Waals surface area contributed by atoms with Crippen LogP contribution < -0.4 is 10.1 Å². The Bertz CT molecular complexity index is 735. The lowest BCUT2D eigenvalue weighted by molar-refractivity contribution is 0.391. The van der Waals surface area contributed by atoms with Crippen molar-refractivity contribution in [2.45, 2.75) is 19.5 Å². The summed E-state index contributed by atoms with van der Waals surface area (Å²) in [5, 5.41) is 5.56. The molecule has 3 rings (SSSR count). The number of benzene rings is 1. The zero-order valence-corrected chi connectivity index (χ0v) is 14.2. The fourth-order valence-electron chi connectivity index (χ4n) is 2.26. The van der Waals surface area contributed by atoms with Gasteiger partial charge in [-0.2, -0.15) is 4.98 Å². The molecular weight excluding hydrogens is 350 g/mol. The predicted molar refractivity (Wildman–Crippen MR) is 89.0 cm³/mol. The Hall–Kier alpha value is -1.37. The van der Waals surface area contributed by atoms with Crippen LogP contribution in [0, 0.1) is 0 Å². The van der Waals surface area contributed by atoms with Crippen molar-refractivity contribution in [1.29, 1.82) is 0 Å². The third kappa shape index (κ3) is 2.97. The van der Waals surface area contributed by atoms with E-state index >= 15 is 0 Å². The van der Waals surface area contributed by atoms with Gasteiger partial charge in [0.05, 0.1) is 7.11 Å². The summed E-state index contributed by atoms with van der Waals surface area (Å²) in [7, 11) is 1.66. The van der Waals surface area contributed by atoms with Gasteiger partial charge in [0.1, 0.15) is 5.69 Å². The molecule has 21 heavy (non-hydrogen) atoms. The molecule has 2 heterocycles. The molecule has 1 N–H and O–H groups in total. The highest BCUT2D eigenvalue weighted by Gasteiger charge is 2.14. The summed E-state index contributed by atoms with van der Waals surface area (Å²) >= 11 is 5.07. The molecule has 2 aromatic heterocycles. The van der Waals surface area contributed by atoms with Crippen molar-refractivity contribution >= 4 is 32.2 Å². The van der Waals surface area contributed by atoms with Gasteiger partial charge in [0.25, 0.3) is 0 Å². The van der Waals surface area contributed by atoms with Gasteiger partial charge >= 0.3 is 0 Å². The maximum atomic E-state index is 5.37. The van der Waals surface area contributed by atoms with Gasteiger partial charge in [0, 0.05) is 28.6 Å². The van der Waals surface area contributed by atoms with Crippen LogP contribution in [-0.4, -0.2) is 16.5 Å². The first-order valence-corrected chi connectivity index (χ1v) is 8.33. The number of halogens is 1. The monoisotopic (exact) mass is 365 g/mol. The van der Waals surface area contributed by atoms with E-state index in [2.05, 4.69) is 61.8 Å². The molecule has 0 aliphatic heterocycles. The number of nitrogens with one attached hydrogen (secondary N) is 1. The first kappa shape index (κ1) is 14.6. The highest BCUT2D eigenvalue weighted by molar-refractivity contribution is 9.10. The van der Waals surface area contributed by atoms with Crippen LogP contribution in [0.1, 0.15) is 24.2 Å². The van der Waals surface area contributed by atoms with Crippen molar-refractivity contribution in [1.82, 2.24) is 14.7 Å². The molecule has 0 saturated carbocycles. The SMILES string of the molecule is COc1nc2sccn2c1CN[C@H](C)c1ccc(Br)cc1. The van der Waals surface area contributed by atoms with Crippen LogP contribution >= 0.6 is 27.3 Å². The number of hydrogen-bond acceptors (Lipinski definition) is 4. The van der Waals surface area contributed by atoms with Crippen LogP contribution in [0.15, 0.2) is 40.3 Å². The van der Waals surface area contributed by atoms with Crippen LogP contribution in [0.3, 0.4) is 0 Å². The van der Waals surface area contributed by atoms with Crippen molar-refractivity contribution in [3.05, 3.63) is 51.6 Å². The van der Waals surface area contributed by atoms with E-state index in [0.717, 1.165) is 15.1 Å². The molecule has 0 radical (unpaired) electrons. The fraction of sp³-hybridized carbons (Fsp3) is 0.267. The minimum Gasteiger partial charge on any atom is -0.480 e. The Balaban J connectivity index is 1.76. The summed E-state index contributed by atoms with van der Waals surface area (Å²) in [6, 6.07) is 8.62. The van der Waals surface area contributed by atoms with Crippen LogP contribution in [0.4, 0.5) is 0 Å². The second-order valence-electron chi connectivity index (χ2n) is 4.78. The second kappa shape index (κ2) is 6.17. The summed E-state index contributed by atoms with van der Waals surface area (Å²) < 4.78 is 8.54. The molecule has 0 aliphatic carbocycles. The molecule has 110 valence electrons. The summed E-state index contributed by atoms with van der Waals surface area (Å²) in [5.74, 6) is 0.692. The van der Waals surface area contributed by atoms with E-state index in [4.69, 9.17) is 4.74 Å². The quantitative estimate of drug-likeness (QED) is 0.741. The second-order valence-corrected chi connectivity index (χ2v) is 6.57. The van der Waals surface area contributed by atoms with Gasteiger partial charge in [-0.05, 0) is 24.6 Å². The van der Waals surface area contributed by atoms with E-state index in [0.29, 0.717) is 12.4 Å². The minimum atomic E-state index is 0.256. The number of fused-ring (bicyclic) bond motifs is 1. The first-order valence-electron chi connectivity index (χ1n) is 6.66. The molecule has 0 spiro atoms. The lowest BCUT2D eigenvalue weighted by Gasteiger charge is -2.14. The molecule has 1 atom stereocenters. The number of rotatable bonds is 5. The lowest BCUT2D eigenvalue weighted by Crippen LogP contribution is -2.19. The van der Waals surface area contributed by atoms with E-state index in [1.807, 2.05) is 11.6 Å². The molecule has 4 nitrogen and oxygen atoms in total. The normalized spacial score (nSPS) is 12.7. The topological polar surface area (TPSA) is 38.6 Å². The summed E-state index contributed by atoms with van der Waals surface area (Å²) in [4.78, 5) is 5.42. The van der Waals surface area contributed by atoms with Gasteiger partial charge in [0.15, 0.2) is 4.96 Å². The molecule has 0 bridgehead atoms. The van der Waals surface area contributed by atoms with Crippen molar-refractivity contribution in [3.8, 4) is 5.88 Å². The van der Waals surface area contributed by atoms with Gasteiger partial charge in [-0.15, -0.1) is 11.3 Å². The summed E-state index contributed by atoms with van der Waals surface area (Å²) in [6.07, 6.45) is 2.02. The number of imidazole rings is 1. The van der Waals surface area contributed by atoms with Gasteiger partial charge in [0.2, 0.25) is 5.88 Å². The Morgan fingerprint density at radius 1 is 1.38 bits per heavy atom. The van der Waals surface area contributed by atoms with Crippen LogP contribution in [0.25, 0.3) is 4.96 Å². The molecule has 0 amide bonds. The van der Waals surface area contributed by atoms with E-state index in [9.17, 15) is 0 Å². The van der Waals surface area contributed by atoms with Gasteiger partial charge < -0.3 is 10.1 Å². The van der Waals surface area contributed by atoms with E-state index in [1.165, 1.54) is 5.56 Å². The van der Waals surface area contributed by atoms with E-state index in [-0.39, 0.29) is 6.04 Å². The zero-order valence-electron chi connectivity index (χ0n) is 11.8. The minimum absolute atomic E-state index is 0.256. The average Bonchev–Trinajstić information content (AvgIpc) is 3.06. The molecule has 0 aliphatic rings. The summed E-state index contributed by atoms with van der Waals surface area (Å²) in [5.41, 5.74) is 2.31. The number of thiazole rings is 1.